The Kier molecular flexibility index (Phi) is 2.74. The quantitative estimate of drug-likeness (QED) is 0.804. The molecule has 0 spiro atoms. The predicted octanol–water partition coefficient (Wildman–Crippen LogP) is 0.287. The number of hydrogen-bond acceptors (Lipinski definition) is 4. The van der Waals surface area contributed by atoms with Gasteiger partial charge < -0.3 is 10.0 Å². The topological polar surface area (TPSA) is 83.4 Å². The second-order valence-electron chi connectivity index (χ2n) is 3.47. The maximum Gasteiger partial charge on any atom is 0.310 e. The molecule has 1 aliphatic rings. The van der Waals surface area contributed by atoms with Crippen molar-refractivity contribution in [1.29, 1.82) is 0 Å². The molecule has 1 fully saturated rings. The number of aliphatic carboxylic acids is 1. The van der Waals surface area contributed by atoms with Gasteiger partial charge in [-0.15, -0.1) is 0 Å². The highest BCUT2D eigenvalue weighted by Crippen LogP contribution is 2.18. The second-order valence-corrected chi connectivity index (χ2v) is 3.86. The molecule has 1 aromatic rings. The summed E-state index contributed by atoms with van der Waals surface area (Å²) < 4.78 is 0. The number of likely N-dealkylation sites (tertiary alicyclic amines) is 1. The van der Waals surface area contributed by atoms with Crippen molar-refractivity contribution in [3.05, 3.63) is 23.2 Å². The van der Waals surface area contributed by atoms with Crippen molar-refractivity contribution in [2.24, 2.45) is 5.92 Å². The zero-order chi connectivity index (χ0) is 11.7. The Morgan fingerprint density at radius 2 is 2.12 bits per heavy atom. The average molecular weight is 242 g/mol. The van der Waals surface area contributed by atoms with E-state index in [0.29, 0.717) is 0 Å². The van der Waals surface area contributed by atoms with E-state index in [1.165, 1.54) is 17.3 Å². The fraction of sp³-hybridized carbons (Fsp3) is 0.333. The third kappa shape index (κ3) is 1.96. The molecule has 0 unspecified atom stereocenters. The molecule has 0 saturated carbocycles. The van der Waals surface area contributed by atoms with E-state index in [1.54, 1.807) is 0 Å². The average Bonchev–Trinajstić information content (AvgIpc) is 2.14. The van der Waals surface area contributed by atoms with Gasteiger partial charge in [-0.05, 0) is 0 Å². The van der Waals surface area contributed by atoms with Gasteiger partial charge in [0.2, 0.25) is 0 Å². The summed E-state index contributed by atoms with van der Waals surface area (Å²) in [5.74, 6) is -1.70. The van der Waals surface area contributed by atoms with E-state index in [-0.39, 0.29) is 29.8 Å². The number of carboxylic acids is 1. The molecule has 1 amide bonds. The molecule has 1 aromatic heterocycles. The third-order valence-corrected chi connectivity index (χ3v) is 2.52. The van der Waals surface area contributed by atoms with Gasteiger partial charge in [0.15, 0.2) is 0 Å². The van der Waals surface area contributed by atoms with Gasteiger partial charge in [-0.3, -0.25) is 14.6 Å². The Balaban J connectivity index is 2.03. The van der Waals surface area contributed by atoms with Crippen molar-refractivity contribution in [3.8, 4) is 0 Å². The number of amides is 1. The van der Waals surface area contributed by atoms with Gasteiger partial charge in [-0.25, -0.2) is 4.98 Å². The number of nitrogens with zero attached hydrogens (tertiary/aromatic N) is 3. The number of rotatable bonds is 2. The lowest BCUT2D eigenvalue weighted by molar-refractivity contribution is -0.146. The molecule has 7 heteroatoms. The molecule has 6 nitrogen and oxygen atoms in total. The Morgan fingerprint density at radius 1 is 1.44 bits per heavy atom. The van der Waals surface area contributed by atoms with Crippen molar-refractivity contribution < 1.29 is 14.7 Å². The molecule has 16 heavy (non-hydrogen) atoms. The van der Waals surface area contributed by atoms with Gasteiger partial charge in [-0.1, -0.05) is 11.6 Å². The number of halogens is 1. The largest absolute Gasteiger partial charge is 0.481 e. The summed E-state index contributed by atoms with van der Waals surface area (Å²) in [7, 11) is 0. The van der Waals surface area contributed by atoms with Crippen LogP contribution in [-0.2, 0) is 4.79 Å². The number of carbonyl (C=O) groups is 2. The molecule has 1 N–H and O–H groups in total. The highest BCUT2D eigenvalue weighted by Gasteiger charge is 2.36. The van der Waals surface area contributed by atoms with E-state index in [2.05, 4.69) is 9.97 Å². The highest BCUT2D eigenvalue weighted by atomic mass is 35.5. The zero-order valence-electron chi connectivity index (χ0n) is 8.13. The van der Waals surface area contributed by atoms with E-state index in [1.807, 2.05) is 0 Å². The van der Waals surface area contributed by atoms with Crippen LogP contribution in [0.3, 0.4) is 0 Å². The zero-order valence-corrected chi connectivity index (χ0v) is 8.89. The lowest BCUT2D eigenvalue weighted by atomic mass is 10.0. The fourth-order valence-electron chi connectivity index (χ4n) is 1.41. The molecule has 0 atom stereocenters. The summed E-state index contributed by atoms with van der Waals surface area (Å²) in [5, 5.41) is 8.80. The fourth-order valence-corrected chi connectivity index (χ4v) is 1.56. The lowest BCUT2D eigenvalue weighted by Gasteiger charge is -2.36. The Morgan fingerprint density at radius 3 is 2.69 bits per heavy atom. The van der Waals surface area contributed by atoms with E-state index < -0.39 is 11.9 Å². The summed E-state index contributed by atoms with van der Waals surface area (Å²) in [6.45, 7) is 0.421. The normalized spacial score (nSPS) is 15.7. The third-order valence-electron chi connectivity index (χ3n) is 2.34. The standard InChI is InChI=1S/C9H8ClN3O3/c10-7-2-11-1-6(12-7)8(14)13-3-5(4-13)9(15)16/h1-2,5H,3-4H2,(H,15,16). The van der Waals surface area contributed by atoms with E-state index in [0.717, 1.165) is 0 Å². The van der Waals surface area contributed by atoms with Gasteiger partial charge in [0.05, 0.1) is 18.3 Å². The molecule has 84 valence electrons. The van der Waals surface area contributed by atoms with Gasteiger partial charge in [0.25, 0.3) is 5.91 Å². The first kappa shape index (κ1) is 10.8. The van der Waals surface area contributed by atoms with Crippen LogP contribution in [0.4, 0.5) is 0 Å². The van der Waals surface area contributed by atoms with Crippen LogP contribution in [-0.4, -0.2) is 44.9 Å². The van der Waals surface area contributed by atoms with Crippen LogP contribution in [0.2, 0.25) is 5.15 Å². The van der Waals surface area contributed by atoms with E-state index >= 15 is 0 Å². The van der Waals surface area contributed by atoms with Crippen molar-refractivity contribution in [3.63, 3.8) is 0 Å². The highest BCUT2D eigenvalue weighted by molar-refractivity contribution is 6.29. The summed E-state index contributed by atoms with van der Waals surface area (Å²) in [6.07, 6.45) is 2.64. The van der Waals surface area contributed by atoms with Crippen molar-refractivity contribution in [2.45, 2.75) is 0 Å². The molecule has 0 aromatic carbocycles. The van der Waals surface area contributed by atoms with Crippen LogP contribution in [0.1, 0.15) is 10.5 Å². The van der Waals surface area contributed by atoms with Crippen LogP contribution >= 0.6 is 11.6 Å². The summed E-state index contributed by atoms with van der Waals surface area (Å²) in [4.78, 5) is 31.2. The van der Waals surface area contributed by atoms with Crippen molar-refractivity contribution in [1.82, 2.24) is 14.9 Å². The number of hydrogen-bond donors (Lipinski definition) is 1. The van der Waals surface area contributed by atoms with E-state index in [9.17, 15) is 9.59 Å². The summed E-state index contributed by atoms with van der Waals surface area (Å²) in [6, 6.07) is 0. The molecular formula is C9H8ClN3O3. The predicted molar refractivity (Wildman–Crippen MR) is 54.1 cm³/mol. The molecule has 2 heterocycles. The summed E-state index contributed by atoms with van der Waals surface area (Å²) >= 11 is 5.60. The maximum atomic E-state index is 11.7. The minimum absolute atomic E-state index is 0.135. The van der Waals surface area contributed by atoms with E-state index in [4.69, 9.17) is 16.7 Å². The minimum atomic E-state index is -0.888. The van der Waals surface area contributed by atoms with Crippen LogP contribution in [0.5, 0.6) is 0 Å². The van der Waals surface area contributed by atoms with Crippen LogP contribution in [0.25, 0.3) is 0 Å². The Bertz CT molecular complexity index is 445. The maximum absolute atomic E-state index is 11.7. The van der Waals surface area contributed by atoms with Gasteiger partial charge >= 0.3 is 5.97 Å². The van der Waals surface area contributed by atoms with Gasteiger partial charge in [0, 0.05) is 13.1 Å². The molecular weight excluding hydrogens is 234 g/mol. The second kappa shape index (κ2) is 4.05. The lowest BCUT2D eigenvalue weighted by Crippen LogP contribution is -2.53. The number of carboxylic acid groups (broad SMARTS) is 1. The van der Waals surface area contributed by atoms with Crippen molar-refractivity contribution >= 4 is 23.5 Å². The Labute approximate surface area is 95.9 Å². The molecule has 0 aliphatic carbocycles. The van der Waals surface area contributed by atoms with Gasteiger partial charge in [-0.2, -0.15) is 0 Å². The monoisotopic (exact) mass is 241 g/mol. The number of carbonyl (C=O) groups excluding carboxylic acids is 1. The first-order valence-corrected chi connectivity index (χ1v) is 4.95. The summed E-state index contributed by atoms with van der Waals surface area (Å²) in [5.41, 5.74) is 0.135. The Hall–Kier alpha value is -1.69. The van der Waals surface area contributed by atoms with Crippen LogP contribution < -0.4 is 0 Å². The van der Waals surface area contributed by atoms with Gasteiger partial charge in [0.1, 0.15) is 10.8 Å². The molecule has 0 bridgehead atoms. The molecule has 2 rings (SSSR count). The first-order valence-electron chi connectivity index (χ1n) is 4.57. The van der Waals surface area contributed by atoms with Crippen LogP contribution in [0.15, 0.2) is 12.4 Å². The minimum Gasteiger partial charge on any atom is -0.481 e. The molecule has 1 saturated heterocycles. The number of aromatic nitrogens is 2. The molecule has 1 aliphatic heterocycles. The smallest absolute Gasteiger partial charge is 0.310 e. The first-order chi connectivity index (χ1) is 7.58. The SMILES string of the molecule is O=C(O)C1CN(C(=O)c2cncc(Cl)n2)C1. The van der Waals surface area contributed by atoms with Crippen LogP contribution in [0, 0.1) is 5.92 Å². The van der Waals surface area contributed by atoms with Crippen molar-refractivity contribution in [2.75, 3.05) is 13.1 Å². The molecule has 0 radical (unpaired) electrons.